The molecule has 0 bridgehead atoms. The zero-order valence-electron chi connectivity index (χ0n) is 9.81. The molecule has 0 aliphatic heterocycles. The third kappa shape index (κ3) is 3.45. The van der Waals surface area contributed by atoms with E-state index in [1.807, 2.05) is 0 Å². The van der Waals surface area contributed by atoms with Gasteiger partial charge in [-0.1, -0.05) is 0 Å². The van der Waals surface area contributed by atoms with Crippen LogP contribution < -0.4 is 4.72 Å². The summed E-state index contributed by atoms with van der Waals surface area (Å²) in [6.07, 6.45) is 1.07. The van der Waals surface area contributed by atoms with E-state index in [0.717, 1.165) is 18.5 Å². The van der Waals surface area contributed by atoms with Crippen molar-refractivity contribution < 1.29 is 17.9 Å². The number of halogens is 1. The monoisotopic (exact) mass is 262 g/mol. The number of hydrogen-bond acceptors (Lipinski definition) is 4. The van der Waals surface area contributed by atoms with Crippen molar-refractivity contribution in [1.82, 2.24) is 9.71 Å². The SMILES string of the molecule is CC(O)C(C)(C)NS(=O)(=O)c1cncc(F)c1. The Morgan fingerprint density at radius 1 is 1.47 bits per heavy atom. The number of sulfonamides is 1. The fourth-order valence-electron chi connectivity index (χ4n) is 1.03. The number of aliphatic hydroxyl groups is 1. The summed E-state index contributed by atoms with van der Waals surface area (Å²) in [5.74, 6) is -0.734. The molecule has 0 radical (unpaired) electrons. The lowest BCUT2D eigenvalue weighted by atomic mass is 10.0. The Morgan fingerprint density at radius 2 is 2.06 bits per heavy atom. The number of hydrogen-bond donors (Lipinski definition) is 2. The molecule has 2 N–H and O–H groups in total. The first-order chi connectivity index (χ1) is 7.65. The molecule has 0 fully saturated rings. The molecule has 5 nitrogen and oxygen atoms in total. The molecule has 1 unspecified atom stereocenters. The van der Waals surface area contributed by atoms with E-state index < -0.39 is 27.5 Å². The standard InChI is InChI=1S/C10H15FN2O3S/c1-7(14)10(2,3)13-17(15,16)9-4-8(11)5-12-6-9/h4-7,13-14H,1-3H3. The third-order valence-electron chi connectivity index (χ3n) is 2.43. The molecule has 0 amide bonds. The van der Waals surface area contributed by atoms with Crippen molar-refractivity contribution in [2.45, 2.75) is 37.3 Å². The van der Waals surface area contributed by atoms with Crippen LogP contribution in [0.2, 0.25) is 0 Å². The number of pyridine rings is 1. The summed E-state index contributed by atoms with van der Waals surface area (Å²) in [7, 11) is -3.90. The molecule has 1 aromatic heterocycles. The van der Waals surface area contributed by atoms with Gasteiger partial charge >= 0.3 is 0 Å². The number of aliphatic hydroxyl groups excluding tert-OH is 1. The van der Waals surface area contributed by atoms with Crippen LogP contribution in [0.4, 0.5) is 4.39 Å². The molecular formula is C10H15FN2O3S. The Bertz CT molecular complexity index is 500. The lowest BCUT2D eigenvalue weighted by molar-refractivity contribution is 0.111. The average molecular weight is 262 g/mol. The topological polar surface area (TPSA) is 79.3 Å². The second-order valence-corrected chi connectivity index (χ2v) is 6.02. The van der Waals surface area contributed by atoms with Gasteiger partial charge in [0, 0.05) is 6.20 Å². The molecule has 96 valence electrons. The van der Waals surface area contributed by atoms with Gasteiger partial charge in [0.15, 0.2) is 0 Å². The second kappa shape index (κ2) is 4.67. The van der Waals surface area contributed by atoms with Gasteiger partial charge in [0.1, 0.15) is 10.7 Å². The van der Waals surface area contributed by atoms with Gasteiger partial charge in [-0.3, -0.25) is 4.98 Å². The van der Waals surface area contributed by atoms with E-state index in [1.165, 1.54) is 20.8 Å². The summed E-state index contributed by atoms with van der Waals surface area (Å²) in [6, 6.07) is 0.869. The Kier molecular flexibility index (Phi) is 3.85. The van der Waals surface area contributed by atoms with Crippen molar-refractivity contribution in [3.8, 4) is 0 Å². The number of nitrogens with one attached hydrogen (secondary N) is 1. The van der Waals surface area contributed by atoms with Gasteiger partial charge in [-0.05, 0) is 26.8 Å². The molecule has 1 rings (SSSR count). The first-order valence-corrected chi connectivity index (χ1v) is 6.46. The van der Waals surface area contributed by atoms with Crippen LogP contribution in [0.3, 0.4) is 0 Å². The molecular weight excluding hydrogens is 247 g/mol. The molecule has 0 aliphatic rings. The van der Waals surface area contributed by atoms with Gasteiger partial charge in [0.05, 0.1) is 17.8 Å². The van der Waals surface area contributed by atoms with E-state index in [0.29, 0.717) is 0 Å². The van der Waals surface area contributed by atoms with Crippen LogP contribution in [0, 0.1) is 5.82 Å². The highest BCUT2D eigenvalue weighted by atomic mass is 32.2. The summed E-state index contributed by atoms with van der Waals surface area (Å²) in [5, 5.41) is 9.43. The average Bonchev–Trinajstić information content (AvgIpc) is 2.15. The zero-order chi connectivity index (χ0) is 13.3. The summed E-state index contributed by atoms with van der Waals surface area (Å²) in [6.45, 7) is 4.52. The summed E-state index contributed by atoms with van der Waals surface area (Å²) in [5.41, 5.74) is -1.05. The van der Waals surface area contributed by atoms with Crippen LogP contribution in [0.1, 0.15) is 20.8 Å². The Balaban J connectivity index is 3.06. The minimum absolute atomic E-state index is 0.272. The molecule has 7 heteroatoms. The summed E-state index contributed by atoms with van der Waals surface area (Å²) in [4.78, 5) is 3.20. The number of rotatable bonds is 4. The largest absolute Gasteiger partial charge is 0.391 e. The maximum Gasteiger partial charge on any atom is 0.242 e. The van der Waals surface area contributed by atoms with Gasteiger partial charge in [-0.2, -0.15) is 0 Å². The van der Waals surface area contributed by atoms with Crippen molar-refractivity contribution in [2.75, 3.05) is 0 Å². The first kappa shape index (κ1) is 14.0. The fourth-order valence-corrected chi connectivity index (χ4v) is 2.48. The molecule has 17 heavy (non-hydrogen) atoms. The van der Waals surface area contributed by atoms with Crippen LogP contribution in [-0.4, -0.2) is 30.2 Å². The van der Waals surface area contributed by atoms with E-state index in [-0.39, 0.29) is 4.90 Å². The lowest BCUT2D eigenvalue weighted by Gasteiger charge is -2.28. The molecule has 0 aliphatic carbocycles. The minimum Gasteiger partial charge on any atom is -0.391 e. The predicted octanol–water partition coefficient (Wildman–Crippen LogP) is 0.658. The summed E-state index contributed by atoms with van der Waals surface area (Å²) >= 11 is 0. The molecule has 1 atom stereocenters. The highest BCUT2D eigenvalue weighted by Crippen LogP contribution is 2.15. The van der Waals surface area contributed by atoms with Gasteiger partial charge in [-0.25, -0.2) is 17.5 Å². The molecule has 0 saturated carbocycles. The fraction of sp³-hybridized carbons (Fsp3) is 0.500. The van der Waals surface area contributed by atoms with Crippen LogP contribution in [0.25, 0.3) is 0 Å². The van der Waals surface area contributed by atoms with E-state index in [1.54, 1.807) is 0 Å². The summed E-state index contributed by atoms with van der Waals surface area (Å²) < 4.78 is 38.9. The van der Waals surface area contributed by atoms with E-state index in [9.17, 15) is 17.9 Å². The molecule has 0 aromatic carbocycles. The van der Waals surface area contributed by atoms with Crippen LogP contribution in [0.15, 0.2) is 23.4 Å². The predicted molar refractivity (Wildman–Crippen MR) is 60.3 cm³/mol. The van der Waals surface area contributed by atoms with E-state index in [4.69, 9.17) is 0 Å². The highest BCUT2D eigenvalue weighted by Gasteiger charge is 2.30. The minimum atomic E-state index is -3.90. The van der Waals surface area contributed by atoms with Crippen molar-refractivity contribution in [2.24, 2.45) is 0 Å². The molecule has 1 heterocycles. The molecule has 0 saturated heterocycles. The Hall–Kier alpha value is -1.05. The first-order valence-electron chi connectivity index (χ1n) is 4.98. The second-order valence-electron chi connectivity index (χ2n) is 4.34. The maximum absolute atomic E-state index is 12.9. The lowest BCUT2D eigenvalue weighted by Crippen LogP contribution is -2.50. The van der Waals surface area contributed by atoms with Crippen molar-refractivity contribution in [3.05, 3.63) is 24.3 Å². The normalized spacial score (nSPS) is 14.6. The van der Waals surface area contributed by atoms with Crippen LogP contribution in [-0.2, 0) is 10.0 Å². The van der Waals surface area contributed by atoms with Crippen LogP contribution in [0.5, 0.6) is 0 Å². The third-order valence-corrected chi connectivity index (χ3v) is 4.07. The Labute approximate surface area is 99.7 Å². The van der Waals surface area contributed by atoms with Gasteiger partial charge < -0.3 is 5.11 Å². The molecule has 0 spiro atoms. The highest BCUT2D eigenvalue weighted by molar-refractivity contribution is 7.89. The molecule has 1 aromatic rings. The number of aromatic nitrogens is 1. The zero-order valence-corrected chi connectivity index (χ0v) is 10.6. The van der Waals surface area contributed by atoms with Gasteiger partial charge in [0.25, 0.3) is 0 Å². The smallest absolute Gasteiger partial charge is 0.242 e. The maximum atomic E-state index is 12.9. The van der Waals surface area contributed by atoms with Gasteiger partial charge in [0.2, 0.25) is 10.0 Å². The van der Waals surface area contributed by atoms with Gasteiger partial charge in [-0.15, -0.1) is 0 Å². The number of nitrogens with zero attached hydrogens (tertiary/aromatic N) is 1. The quantitative estimate of drug-likeness (QED) is 0.835. The van der Waals surface area contributed by atoms with Crippen molar-refractivity contribution >= 4 is 10.0 Å². The van der Waals surface area contributed by atoms with Crippen molar-refractivity contribution in [3.63, 3.8) is 0 Å². The van der Waals surface area contributed by atoms with E-state index in [2.05, 4.69) is 9.71 Å². The van der Waals surface area contributed by atoms with E-state index >= 15 is 0 Å². The Morgan fingerprint density at radius 3 is 2.53 bits per heavy atom. The van der Waals surface area contributed by atoms with Crippen LogP contribution >= 0.6 is 0 Å². The van der Waals surface area contributed by atoms with Crippen molar-refractivity contribution in [1.29, 1.82) is 0 Å².